The summed E-state index contributed by atoms with van der Waals surface area (Å²) in [6.45, 7) is 6.78. The van der Waals surface area contributed by atoms with Crippen molar-refractivity contribution < 1.29 is 13.9 Å². The molecular weight excluding hydrogens is 289 g/mol. The van der Waals surface area contributed by atoms with Crippen LogP contribution in [0.5, 0.6) is 0 Å². The number of nitrogens with zero attached hydrogens (tertiary/aromatic N) is 1. The van der Waals surface area contributed by atoms with Gasteiger partial charge in [0.15, 0.2) is 0 Å². The summed E-state index contributed by atoms with van der Waals surface area (Å²) < 4.78 is 17.8. The summed E-state index contributed by atoms with van der Waals surface area (Å²) in [6.07, 6.45) is 0.642. The summed E-state index contributed by atoms with van der Waals surface area (Å²) in [5.74, 6) is -0.444. The van der Waals surface area contributed by atoms with Crippen molar-refractivity contribution in [3.63, 3.8) is 0 Å². The molecule has 98 valence electrons. The number of carbonyl (C=O) groups is 1. The first kappa shape index (κ1) is 18.6. The van der Waals surface area contributed by atoms with Crippen molar-refractivity contribution in [1.82, 2.24) is 4.98 Å². The number of aromatic nitrogens is 1. The molecule has 1 heterocycles. The van der Waals surface area contributed by atoms with E-state index in [0.29, 0.717) is 10.9 Å². The van der Waals surface area contributed by atoms with Crippen LogP contribution in [0.4, 0.5) is 4.39 Å². The Bertz CT molecular complexity index is 307. The van der Waals surface area contributed by atoms with Crippen molar-refractivity contribution in [3.8, 4) is 0 Å². The first-order chi connectivity index (χ1) is 8.15. The minimum Gasteiger partial charge on any atom is -0.385 e. The summed E-state index contributed by atoms with van der Waals surface area (Å²) in [4.78, 5) is 13.8. The molecule has 0 aliphatic heterocycles. The molecule has 0 aliphatic carbocycles. The van der Waals surface area contributed by atoms with E-state index in [1.54, 1.807) is 7.11 Å². The highest BCUT2D eigenvalue weighted by molar-refractivity contribution is 9.10. The van der Waals surface area contributed by atoms with Crippen molar-refractivity contribution in [2.24, 2.45) is 0 Å². The van der Waals surface area contributed by atoms with Crippen molar-refractivity contribution in [2.75, 3.05) is 13.7 Å². The van der Waals surface area contributed by atoms with Crippen LogP contribution < -0.4 is 0 Å². The summed E-state index contributed by atoms with van der Waals surface area (Å²) >= 11 is 3.07. The standard InChI is InChI=1S/C7H5BrFNO.C3H8O.C2H6/c8-7-2-1-5(9)6(10-7)3-4-11;1-3-4-2;1-2/h1-2,4H,3H2;3H2,1-2H3;1-2H3. The van der Waals surface area contributed by atoms with Crippen molar-refractivity contribution >= 4 is 22.2 Å². The lowest BCUT2D eigenvalue weighted by atomic mass is 10.3. The minimum atomic E-state index is -0.444. The molecule has 0 fully saturated rings. The Morgan fingerprint density at radius 1 is 1.47 bits per heavy atom. The number of ether oxygens (including phenoxy) is 1. The molecule has 0 unspecified atom stereocenters. The van der Waals surface area contributed by atoms with Crippen molar-refractivity contribution in [1.29, 1.82) is 0 Å². The Labute approximate surface area is 111 Å². The van der Waals surface area contributed by atoms with E-state index in [4.69, 9.17) is 0 Å². The molecule has 1 aromatic heterocycles. The first-order valence-corrected chi connectivity index (χ1v) is 6.18. The lowest BCUT2D eigenvalue weighted by Crippen LogP contribution is -1.95. The highest BCUT2D eigenvalue weighted by atomic mass is 79.9. The van der Waals surface area contributed by atoms with Gasteiger partial charge in [-0.2, -0.15) is 0 Å². The molecule has 1 aromatic rings. The number of rotatable bonds is 3. The van der Waals surface area contributed by atoms with E-state index < -0.39 is 5.82 Å². The number of carbonyl (C=O) groups excluding carboxylic acids is 1. The molecule has 3 nitrogen and oxygen atoms in total. The van der Waals surface area contributed by atoms with Crippen LogP contribution in [0.2, 0.25) is 0 Å². The molecular formula is C12H19BrFNO2. The summed E-state index contributed by atoms with van der Waals surface area (Å²) in [7, 11) is 1.68. The van der Waals surface area contributed by atoms with E-state index >= 15 is 0 Å². The van der Waals surface area contributed by atoms with Gasteiger partial charge in [0, 0.05) is 20.1 Å². The van der Waals surface area contributed by atoms with Gasteiger partial charge in [-0.25, -0.2) is 9.37 Å². The molecule has 0 atom stereocenters. The number of hydrogen-bond acceptors (Lipinski definition) is 3. The minimum absolute atomic E-state index is 0.0191. The van der Waals surface area contributed by atoms with Gasteiger partial charge in [0.2, 0.25) is 0 Å². The molecule has 0 aromatic carbocycles. The average molecular weight is 308 g/mol. The molecule has 1 rings (SSSR count). The van der Waals surface area contributed by atoms with Gasteiger partial charge >= 0.3 is 0 Å². The van der Waals surface area contributed by atoms with E-state index in [-0.39, 0.29) is 12.1 Å². The van der Waals surface area contributed by atoms with Crippen LogP contribution >= 0.6 is 15.9 Å². The Hall–Kier alpha value is -0.810. The molecule has 0 radical (unpaired) electrons. The third kappa shape index (κ3) is 10.1. The van der Waals surface area contributed by atoms with Crippen LogP contribution in [0.3, 0.4) is 0 Å². The fraction of sp³-hybridized carbons (Fsp3) is 0.500. The zero-order valence-electron chi connectivity index (χ0n) is 10.7. The second-order valence-electron chi connectivity index (χ2n) is 2.51. The molecule has 0 aliphatic rings. The fourth-order valence-electron chi connectivity index (χ4n) is 0.680. The quantitative estimate of drug-likeness (QED) is 0.634. The number of halogens is 2. The molecule has 0 N–H and O–H groups in total. The largest absolute Gasteiger partial charge is 0.385 e. The maximum Gasteiger partial charge on any atom is 0.145 e. The van der Waals surface area contributed by atoms with Gasteiger partial charge in [0.05, 0.1) is 5.69 Å². The predicted molar refractivity (Wildman–Crippen MR) is 70.6 cm³/mol. The summed E-state index contributed by atoms with van der Waals surface area (Å²) in [6, 6.07) is 2.76. The third-order valence-corrected chi connectivity index (χ3v) is 1.89. The van der Waals surface area contributed by atoms with Gasteiger partial charge in [-0.3, -0.25) is 0 Å². The van der Waals surface area contributed by atoms with E-state index in [0.717, 1.165) is 6.61 Å². The van der Waals surface area contributed by atoms with Crippen LogP contribution in [-0.4, -0.2) is 25.0 Å². The lowest BCUT2D eigenvalue weighted by Gasteiger charge is -1.96. The van der Waals surface area contributed by atoms with Gasteiger partial charge in [-0.05, 0) is 35.0 Å². The van der Waals surface area contributed by atoms with Crippen LogP contribution in [0.15, 0.2) is 16.7 Å². The molecule has 0 bridgehead atoms. The molecule has 0 spiro atoms. The maximum absolute atomic E-state index is 12.7. The predicted octanol–water partition coefficient (Wildman–Crippen LogP) is 3.40. The lowest BCUT2D eigenvalue weighted by molar-refractivity contribution is -0.107. The molecule has 17 heavy (non-hydrogen) atoms. The van der Waals surface area contributed by atoms with Crippen LogP contribution in [0, 0.1) is 5.82 Å². The van der Waals surface area contributed by atoms with Gasteiger partial charge in [0.25, 0.3) is 0 Å². The van der Waals surface area contributed by atoms with E-state index in [2.05, 4.69) is 25.7 Å². The number of pyridine rings is 1. The number of methoxy groups -OCH3 is 1. The van der Waals surface area contributed by atoms with Crippen molar-refractivity contribution in [2.45, 2.75) is 27.2 Å². The molecule has 5 heteroatoms. The van der Waals surface area contributed by atoms with Gasteiger partial charge in [-0.1, -0.05) is 13.8 Å². The van der Waals surface area contributed by atoms with Crippen LogP contribution in [0.25, 0.3) is 0 Å². The monoisotopic (exact) mass is 307 g/mol. The van der Waals surface area contributed by atoms with Crippen molar-refractivity contribution in [3.05, 3.63) is 28.2 Å². The second-order valence-corrected chi connectivity index (χ2v) is 3.32. The average Bonchev–Trinajstić information content (AvgIpc) is 2.37. The highest BCUT2D eigenvalue weighted by Crippen LogP contribution is 2.10. The Morgan fingerprint density at radius 2 is 2.00 bits per heavy atom. The maximum atomic E-state index is 12.7. The van der Waals surface area contributed by atoms with Crippen LogP contribution in [-0.2, 0) is 16.0 Å². The SMILES string of the molecule is CC.CCOC.O=CCc1nc(Br)ccc1F. The number of aldehydes is 1. The van der Waals surface area contributed by atoms with E-state index in [9.17, 15) is 9.18 Å². The third-order valence-electron chi connectivity index (χ3n) is 1.45. The van der Waals surface area contributed by atoms with E-state index in [1.807, 2.05) is 20.8 Å². The van der Waals surface area contributed by atoms with E-state index in [1.165, 1.54) is 12.1 Å². The zero-order valence-corrected chi connectivity index (χ0v) is 12.3. The summed E-state index contributed by atoms with van der Waals surface area (Å²) in [5, 5.41) is 0. The first-order valence-electron chi connectivity index (χ1n) is 5.39. The van der Waals surface area contributed by atoms with Gasteiger partial charge in [-0.15, -0.1) is 0 Å². The molecule has 0 saturated heterocycles. The summed E-state index contributed by atoms with van der Waals surface area (Å²) in [5.41, 5.74) is 0.175. The number of hydrogen-bond donors (Lipinski definition) is 0. The van der Waals surface area contributed by atoms with Gasteiger partial charge in [0.1, 0.15) is 16.7 Å². The second kappa shape index (κ2) is 13.3. The fourth-order valence-corrected chi connectivity index (χ4v) is 1.03. The Kier molecular flexibility index (Phi) is 14.5. The molecule has 0 amide bonds. The Morgan fingerprint density at radius 3 is 2.41 bits per heavy atom. The Balaban J connectivity index is 0. The highest BCUT2D eigenvalue weighted by Gasteiger charge is 2.02. The van der Waals surface area contributed by atoms with Gasteiger partial charge < -0.3 is 9.53 Å². The smallest absolute Gasteiger partial charge is 0.145 e. The van der Waals surface area contributed by atoms with Crippen LogP contribution in [0.1, 0.15) is 26.5 Å². The zero-order chi connectivity index (χ0) is 13.7. The molecule has 0 saturated carbocycles. The topological polar surface area (TPSA) is 39.2 Å². The normalized spacial score (nSPS) is 8.35.